The van der Waals surface area contributed by atoms with Crippen molar-refractivity contribution in [3.8, 4) is 5.69 Å². The lowest BCUT2D eigenvalue weighted by Gasteiger charge is -2.39. The quantitative estimate of drug-likeness (QED) is 0.612. The van der Waals surface area contributed by atoms with Crippen molar-refractivity contribution < 1.29 is 19.0 Å². The van der Waals surface area contributed by atoms with Gasteiger partial charge in [-0.05, 0) is 55.9 Å². The number of carbonyl (C=O) groups excluding carboxylic acids is 1. The van der Waals surface area contributed by atoms with Gasteiger partial charge in [0.05, 0.1) is 24.0 Å². The summed E-state index contributed by atoms with van der Waals surface area (Å²) < 4.78 is 21.5. The fourth-order valence-corrected chi connectivity index (χ4v) is 4.81. The van der Waals surface area contributed by atoms with Crippen LogP contribution in [0.3, 0.4) is 0 Å². The molecule has 2 saturated heterocycles. The third-order valence-electron chi connectivity index (χ3n) is 6.94. The number of aromatic nitrogens is 4. The van der Waals surface area contributed by atoms with Gasteiger partial charge < -0.3 is 14.7 Å². The van der Waals surface area contributed by atoms with E-state index in [4.69, 9.17) is 4.74 Å². The van der Waals surface area contributed by atoms with Crippen LogP contribution in [0.25, 0.3) is 16.7 Å². The Bertz CT molecular complexity index is 1220. The molecule has 1 N–H and O–H groups in total. The molecule has 5 rings (SSSR count). The summed E-state index contributed by atoms with van der Waals surface area (Å²) in [5.74, 6) is 0.136. The number of hydrogen-bond donors (Lipinski definition) is 1. The summed E-state index contributed by atoms with van der Waals surface area (Å²) in [5.41, 5.74) is -0.433. The normalized spacial score (nSPS) is 18.9. The number of likely N-dealkylation sites (tertiary alicyclic amines) is 1. The molecule has 2 aliphatic rings. The number of aliphatic hydroxyl groups is 1. The van der Waals surface area contributed by atoms with Crippen molar-refractivity contribution in [1.82, 2.24) is 24.2 Å². The van der Waals surface area contributed by atoms with Crippen molar-refractivity contribution >= 4 is 16.9 Å². The molecule has 0 atom stereocenters. The number of nitrogens with zero attached hydrogens (tertiary/aromatic N) is 5. The van der Waals surface area contributed by atoms with Crippen LogP contribution in [0, 0.1) is 11.7 Å². The number of carbonyl (C=O) groups is 1. The maximum Gasteiger partial charge on any atom is 0.264 e. The Kier molecular flexibility index (Phi) is 6.18. The molecule has 1 aromatic carbocycles. The fourth-order valence-electron chi connectivity index (χ4n) is 4.81. The Morgan fingerprint density at radius 2 is 1.88 bits per heavy atom. The third-order valence-corrected chi connectivity index (χ3v) is 6.94. The standard InChI is InChI=1S/C24H28FN5O4/c25-18-1-3-19(4-2-18)30-22-20(14-27-30)23(32)29(16-26-22)15-24(33)7-9-28(10-8-24)21(31)13-17-5-11-34-12-6-17/h1-4,14,16-17,33H,5-13,15H2. The Hall–Kier alpha value is -3.11. The summed E-state index contributed by atoms with van der Waals surface area (Å²) >= 11 is 0. The van der Waals surface area contributed by atoms with E-state index in [1.54, 1.807) is 12.1 Å². The summed E-state index contributed by atoms with van der Waals surface area (Å²) in [6.07, 6.45) is 6.00. The molecule has 0 spiro atoms. The van der Waals surface area contributed by atoms with E-state index in [0.717, 1.165) is 12.8 Å². The van der Waals surface area contributed by atoms with Crippen LogP contribution in [-0.4, -0.2) is 67.1 Å². The third kappa shape index (κ3) is 4.60. The van der Waals surface area contributed by atoms with Crippen LogP contribution < -0.4 is 5.56 Å². The molecule has 4 heterocycles. The van der Waals surface area contributed by atoms with Crippen LogP contribution in [-0.2, 0) is 16.1 Å². The molecular weight excluding hydrogens is 441 g/mol. The van der Waals surface area contributed by atoms with Crippen molar-refractivity contribution in [3.63, 3.8) is 0 Å². The molecule has 0 saturated carbocycles. The van der Waals surface area contributed by atoms with E-state index < -0.39 is 5.60 Å². The van der Waals surface area contributed by atoms with Crippen molar-refractivity contribution in [2.24, 2.45) is 5.92 Å². The zero-order chi connectivity index (χ0) is 23.7. The van der Waals surface area contributed by atoms with E-state index in [9.17, 15) is 19.1 Å². The predicted octanol–water partition coefficient (Wildman–Crippen LogP) is 1.89. The van der Waals surface area contributed by atoms with Gasteiger partial charge in [-0.2, -0.15) is 5.10 Å². The number of ether oxygens (including phenoxy) is 1. The van der Waals surface area contributed by atoms with Crippen LogP contribution in [0.15, 0.2) is 41.6 Å². The predicted molar refractivity (Wildman–Crippen MR) is 122 cm³/mol. The maximum absolute atomic E-state index is 13.2. The molecule has 1 amide bonds. The van der Waals surface area contributed by atoms with Gasteiger partial charge in [-0.3, -0.25) is 14.2 Å². The van der Waals surface area contributed by atoms with Gasteiger partial charge in [-0.1, -0.05) is 0 Å². The number of halogens is 1. The number of amides is 1. The number of rotatable bonds is 5. The monoisotopic (exact) mass is 469 g/mol. The van der Waals surface area contributed by atoms with Crippen LogP contribution >= 0.6 is 0 Å². The minimum Gasteiger partial charge on any atom is -0.388 e. The highest BCUT2D eigenvalue weighted by molar-refractivity contribution is 5.76. The van der Waals surface area contributed by atoms with Gasteiger partial charge in [0.25, 0.3) is 5.56 Å². The van der Waals surface area contributed by atoms with Gasteiger partial charge in [0.2, 0.25) is 5.91 Å². The van der Waals surface area contributed by atoms with E-state index in [-0.39, 0.29) is 23.8 Å². The molecule has 2 aromatic heterocycles. The molecule has 0 radical (unpaired) electrons. The van der Waals surface area contributed by atoms with Gasteiger partial charge in [0.1, 0.15) is 17.5 Å². The molecule has 3 aromatic rings. The zero-order valence-corrected chi connectivity index (χ0v) is 18.9. The lowest BCUT2D eigenvalue weighted by atomic mass is 9.90. The number of hydrogen-bond acceptors (Lipinski definition) is 6. The Morgan fingerprint density at radius 1 is 1.18 bits per heavy atom. The summed E-state index contributed by atoms with van der Waals surface area (Å²) in [5, 5.41) is 15.7. The molecule has 10 heteroatoms. The summed E-state index contributed by atoms with van der Waals surface area (Å²) in [6.45, 7) is 2.46. The lowest BCUT2D eigenvalue weighted by molar-refractivity contribution is -0.137. The minimum atomic E-state index is -1.10. The lowest BCUT2D eigenvalue weighted by Crippen LogP contribution is -2.50. The first-order valence-electron chi connectivity index (χ1n) is 11.7. The molecule has 2 aliphatic heterocycles. The average Bonchev–Trinajstić information content (AvgIpc) is 3.27. The van der Waals surface area contributed by atoms with Crippen LogP contribution in [0.2, 0.25) is 0 Å². The first-order valence-corrected chi connectivity index (χ1v) is 11.7. The van der Waals surface area contributed by atoms with Crippen LogP contribution in [0.4, 0.5) is 4.39 Å². The first kappa shape index (κ1) is 22.7. The van der Waals surface area contributed by atoms with Gasteiger partial charge in [-0.25, -0.2) is 14.1 Å². The van der Waals surface area contributed by atoms with Crippen LogP contribution in [0.1, 0.15) is 32.1 Å². The van der Waals surface area contributed by atoms with Crippen LogP contribution in [0.5, 0.6) is 0 Å². The fraction of sp³-hybridized carbons (Fsp3) is 0.500. The summed E-state index contributed by atoms with van der Waals surface area (Å²) in [7, 11) is 0. The van der Waals surface area contributed by atoms with Crippen molar-refractivity contribution in [2.75, 3.05) is 26.3 Å². The maximum atomic E-state index is 13.2. The van der Waals surface area contributed by atoms with E-state index in [1.165, 1.54) is 33.9 Å². The van der Waals surface area contributed by atoms with E-state index in [2.05, 4.69) is 10.1 Å². The number of benzene rings is 1. The van der Waals surface area contributed by atoms with Crippen molar-refractivity contribution in [2.45, 2.75) is 44.2 Å². The second-order valence-corrected chi connectivity index (χ2v) is 9.31. The largest absolute Gasteiger partial charge is 0.388 e. The van der Waals surface area contributed by atoms with Gasteiger partial charge >= 0.3 is 0 Å². The van der Waals surface area contributed by atoms with Gasteiger partial charge in [0, 0.05) is 32.7 Å². The summed E-state index contributed by atoms with van der Waals surface area (Å²) in [4.78, 5) is 32.0. The SMILES string of the molecule is O=C(CC1CCOCC1)N1CCC(O)(Cn2cnc3c(cnn3-c3ccc(F)cc3)c2=O)CC1. The van der Waals surface area contributed by atoms with Crippen molar-refractivity contribution in [3.05, 3.63) is 53.0 Å². The highest BCUT2D eigenvalue weighted by Crippen LogP contribution is 2.26. The molecule has 0 unspecified atom stereocenters. The second kappa shape index (κ2) is 9.27. The number of piperidine rings is 1. The summed E-state index contributed by atoms with van der Waals surface area (Å²) in [6, 6.07) is 5.77. The second-order valence-electron chi connectivity index (χ2n) is 9.31. The minimum absolute atomic E-state index is 0.0957. The molecule has 0 bridgehead atoms. The van der Waals surface area contributed by atoms with E-state index in [1.807, 2.05) is 4.90 Å². The smallest absolute Gasteiger partial charge is 0.264 e. The Labute approximate surface area is 195 Å². The van der Waals surface area contributed by atoms with E-state index in [0.29, 0.717) is 68.2 Å². The number of fused-ring (bicyclic) bond motifs is 1. The van der Waals surface area contributed by atoms with Gasteiger partial charge in [0.15, 0.2) is 5.65 Å². The Balaban J connectivity index is 1.26. The molecule has 34 heavy (non-hydrogen) atoms. The highest BCUT2D eigenvalue weighted by atomic mass is 19.1. The topological polar surface area (TPSA) is 102 Å². The Morgan fingerprint density at radius 3 is 2.59 bits per heavy atom. The molecule has 9 nitrogen and oxygen atoms in total. The highest BCUT2D eigenvalue weighted by Gasteiger charge is 2.35. The van der Waals surface area contributed by atoms with E-state index >= 15 is 0 Å². The molecular formula is C24H28FN5O4. The zero-order valence-electron chi connectivity index (χ0n) is 18.9. The molecule has 180 valence electrons. The van der Waals surface area contributed by atoms with Gasteiger partial charge in [-0.15, -0.1) is 0 Å². The molecule has 2 fully saturated rings. The first-order chi connectivity index (χ1) is 16.4. The van der Waals surface area contributed by atoms with Crippen molar-refractivity contribution in [1.29, 1.82) is 0 Å². The average molecular weight is 470 g/mol. The molecule has 0 aliphatic carbocycles.